The number of hydrogen-bond donors (Lipinski definition) is 2. The number of hydrogen-bond acceptors (Lipinski definition) is 6. The number of halogens is 1. The highest BCUT2D eigenvalue weighted by Gasteiger charge is 2.22. The van der Waals surface area contributed by atoms with Crippen LogP contribution in [0.3, 0.4) is 0 Å². The van der Waals surface area contributed by atoms with E-state index in [4.69, 9.17) is 4.98 Å². The third-order valence-corrected chi connectivity index (χ3v) is 5.14. The van der Waals surface area contributed by atoms with Crippen LogP contribution >= 0.6 is 0 Å². The van der Waals surface area contributed by atoms with Crippen LogP contribution in [-0.4, -0.2) is 29.5 Å². The second-order valence-electron chi connectivity index (χ2n) is 7.01. The monoisotopic (exact) mass is 445 g/mol. The van der Waals surface area contributed by atoms with E-state index in [1.54, 1.807) is 30.6 Å². The van der Waals surface area contributed by atoms with E-state index in [2.05, 4.69) is 25.3 Å². The normalized spacial score (nSPS) is 11.8. The molecule has 9 heteroatoms. The van der Waals surface area contributed by atoms with Gasteiger partial charge in [0.25, 0.3) is 5.56 Å². The third-order valence-electron chi connectivity index (χ3n) is 5.14. The summed E-state index contributed by atoms with van der Waals surface area (Å²) in [6.07, 6.45) is 3.56. The molecule has 0 saturated heterocycles. The van der Waals surface area contributed by atoms with Gasteiger partial charge in [0.05, 0.1) is 23.6 Å². The Hall–Kier alpha value is -4.14. The minimum absolute atomic E-state index is 0.0389. The van der Waals surface area contributed by atoms with Crippen LogP contribution in [0.25, 0.3) is 27.8 Å². The molecule has 2 N–H and O–H groups in total. The lowest BCUT2D eigenvalue weighted by molar-refractivity contribution is 0.630. The second kappa shape index (κ2) is 9.56. The Morgan fingerprint density at radius 3 is 2.61 bits per heavy atom. The predicted octanol–water partition coefficient (Wildman–Crippen LogP) is 4.78. The van der Waals surface area contributed by atoms with Gasteiger partial charge in [0, 0.05) is 0 Å². The van der Waals surface area contributed by atoms with Crippen LogP contribution in [0.4, 0.5) is 10.2 Å². The molecule has 8 nitrogen and oxygen atoms in total. The van der Waals surface area contributed by atoms with E-state index in [1.165, 1.54) is 17.0 Å². The van der Waals surface area contributed by atoms with E-state index < -0.39 is 11.4 Å². The standard InChI is InChI=1S/C22H18FN7O.C2H6/c1-2-15(28-20-18-19(25-11-24-18)26-12-27-20)21-29-16-10-6-9-14(23)17(16)22(31)30(21)13-7-4-3-5-8-13;1-2/h3-12,15H,2H2,1H3,(H2,24,25,26,27,28);1-2H3/t15-;/m0./s1. The molecule has 0 aliphatic rings. The minimum Gasteiger partial charge on any atom is -0.358 e. The van der Waals surface area contributed by atoms with Crippen molar-refractivity contribution in [3.8, 4) is 5.69 Å². The SMILES string of the molecule is CC.CC[C@H](Nc1ncnc2nc[nH]c12)c1nc2cccc(F)c2c(=O)n1-c1ccccc1. The molecule has 5 rings (SSSR count). The first kappa shape index (κ1) is 22.1. The lowest BCUT2D eigenvalue weighted by Gasteiger charge is -2.22. The van der Waals surface area contributed by atoms with Crippen molar-refractivity contribution in [2.24, 2.45) is 0 Å². The molecule has 3 heterocycles. The lowest BCUT2D eigenvalue weighted by atomic mass is 10.1. The molecule has 1 atom stereocenters. The molecule has 0 saturated carbocycles. The Morgan fingerprint density at radius 2 is 1.85 bits per heavy atom. The quantitative estimate of drug-likeness (QED) is 0.404. The number of nitrogens with zero attached hydrogens (tertiary/aromatic N) is 5. The van der Waals surface area contributed by atoms with Gasteiger partial charge in [-0.2, -0.15) is 0 Å². The van der Waals surface area contributed by atoms with E-state index in [9.17, 15) is 9.18 Å². The minimum atomic E-state index is -0.595. The Bertz CT molecular complexity index is 1450. The van der Waals surface area contributed by atoms with E-state index in [1.807, 2.05) is 39.0 Å². The molecule has 33 heavy (non-hydrogen) atoms. The second-order valence-corrected chi connectivity index (χ2v) is 7.01. The Balaban J connectivity index is 0.00000126. The fourth-order valence-corrected chi connectivity index (χ4v) is 3.66. The van der Waals surface area contributed by atoms with Gasteiger partial charge in [-0.05, 0) is 30.7 Å². The van der Waals surface area contributed by atoms with Gasteiger partial charge < -0.3 is 10.3 Å². The zero-order valence-electron chi connectivity index (χ0n) is 18.6. The molecular formula is C24H24FN7O. The van der Waals surface area contributed by atoms with Gasteiger partial charge in [-0.15, -0.1) is 0 Å². The Morgan fingerprint density at radius 1 is 1.06 bits per heavy atom. The Kier molecular flexibility index (Phi) is 6.39. The zero-order chi connectivity index (χ0) is 23.4. The van der Waals surface area contributed by atoms with Gasteiger partial charge in [0.2, 0.25) is 0 Å². The van der Waals surface area contributed by atoms with Crippen molar-refractivity contribution in [1.82, 2.24) is 29.5 Å². The maximum absolute atomic E-state index is 14.5. The number of nitrogens with one attached hydrogen (secondary N) is 2. The van der Waals surface area contributed by atoms with Gasteiger partial charge in [0.1, 0.15) is 28.9 Å². The van der Waals surface area contributed by atoms with Crippen molar-refractivity contribution < 1.29 is 4.39 Å². The summed E-state index contributed by atoms with van der Waals surface area (Å²) >= 11 is 0. The Labute approximate surface area is 189 Å². The summed E-state index contributed by atoms with van der Waals surface area (Å²) in [4.78, 5) is 33.8. The van der Waals surface area contributed by atoms with E-state index >= 15 is 0 Å². The molecule has 3 aromatic heterocycles. The van der Waals surface area contributed by atoms with Gasteiger partial charge in [-0.1, -0.05) is 45.0 Å². The van der Waals surface area contributed by atoms with Crippen molar-refractivity contribution in [1.29, 1.82) is 0 Å². The molecule has 0 amide bonds. The van der Waals surface area contributed by atoms with Crippen LogP contribution < -0.4 is 10.9 Å². The van der Waals surface area contributed by atoms with E-state index in [0.29, 0.717) is 40.4 Å². The fraction of sp³-hybridized carbons (Fsp3) is 0.208. The molecule has 0 fully saturated rings. The van der Waals surface area contributed by atoms with Crippen LogP contribution in [0.1, 0.15) is 39.1 Å². The van der Waals surface area contributed by atoms with Gasteiger partial charge in [-0.3, -0.25) is 9.36 Å². The highest BCUT2D eigenvalue weighted by Crippen LogP contribution is 2.26. The number of fused-ring (bicyclic) bond motifs is 2. The molecule has 5 aromatic rings. The van der Waals surface area contributed by atoms with Crippen molar-refractivity contribution in [3.05, 3.63) is 83.2 Å². The maximum Gasteiger partial charge on any atom is 0.269 e. The van der Waals surface area contributed by atoms with E-state index in [-0.39, 0.29) is 11.4 Å². The van der Waals surface area contributed by atoms with Crippen molar-refractivity contribution in [3.63, 3.8) is 0 Å². The van der Waals surface area contributed by atoms with Crippen LogP contribution in [0.2, 0.25) is 0 Å². The number of benzene rings is 2. The number of imidazole rings is 1. The first-order chi connectivity index (χ1) is 16.2. The average Bonchev–Trinajstić information content (AvgIpc) is 3.34. The van der Waals surface area contributed by atoms with Gasteiger partial charge in [-0.25, -0.2) is 24.3 Å². The molecule has 0 aliphatic carbocycles. The smallest absolute Gasteiger partial charge is 0.269 e. The highest BCUT2D eigenvalue weighted by atomic mass is 19.1. The summed E-state index contributed by atoms with van der Waals surface area (Å²) in [7, 11) is 0. The van der Waals surface area contributed by atoms with Crippen molar-refractivity contribution in [2.45, 2.75) is 33.2 Å². The lowest BCUT2D eigenvalue weighted by Crippen LogP contribution is -2.28. The number of aromatic nitrogens is 6. The van der Waals surface area contributed by atoms with Gasteiger partial charge >= 0.3 is 0 Å². The average molecular weight is 446 g/mol. The molecule has 0 radical (unpaired) electrons. The molecule has 0 bridgehead atoms. The molecule has 0 aliphatic heterocycles. The zero-order valence-corrected chi connectivity index (χ0v) is 18.6. The van der Waals surface area contributed by atoms with Crippen LogP contribution in [-0.2, 0) is 0 Å². The fourth-order valence-electron chi connectivity index (χ4n) is 3.66. The molecular weight excluding hydrogens is 421 g/mol. The van der Waals surface area contributed by atoms with Crippen LogP contribution in [0.5, 0.6) is 0 Å². The molecule has 168 valence electrons. The number of H-pyrrole nitrogens is 1. The third kappa shape index (κ3) is 4.05. The van der Waals surface area contributed by atoms with Crippen molar-refractivity contribution >= 4 is 27.9 Å². The number of anilines is 1. The van der Waals surface area contributed by atoms with Crippen LogP contribution in [0.15, 0.2) is 66.0 Å². The topological polar surface area (TPSA) is 101 Å². The summed E-state index contributed by atoms with van der Waals surface area (Å²) in [5, 5.41) is 3.31. The summed E-state index contributed by atoms with van der Waals surface area (Å²) in [5.41, 5.74) is 1.64. The molecule has 0 unspecified atom stereocenters. The summed E-state index contributed by atoms with van der Waals surface area (Å²) in [6, 6.07) is 13.2. The van der Waals surface area contributed by atoms with E-state index in [0.717, 1.165) is 0 Å². The number of rotatable bonds is 5. The van der Waals surface area contributed by atoms with Crippen molar-refractivity contribution in [2.75, 3.05) is 5.32 Å². The highest BCUT2D eigenvalue weighted by molar-refractivity contribution is 5.82. The first-order valence-corrected chi connectivity index (χ1v) is 10.8. The maximum atomic E-state index is 14.5. The number of para-hydroxylation sites is 1. The van der Waals surface area contributed by atoms with Gasteiger partial charge in [0.15, 0.2) is 11.5 Å². The largest absolute Gasteiger partial charge is 0.358 e. The number of aromatic amines is 1. The van der Waals surface area contributed by atoms with Crippen LogP contribution in [0, 0.1) is 5.82 Å². The first-order valence-electron chi connectivity index (χ1n) is 10.8. The molecule has 2 aromatic carbocycles. The summed E-state index contributed by atoms with van der Waals surface area (Å²) in [6.45, 7) is 5.97. The molecule has 0 spiro atoms. The predicted molar refractivity (Wildman–Crippen MR) is 127 cm³/mol. The summed E-state index contributed by atoms with van der Waals surface area (Å²) in [5.74, 6) is 0.410. The summed E-state index contributed by atoms with van der Waals surface area (Å²) < 4.78 is 16.0.